The van der Waals surface area contributed by atoms with Crippen LogP contribution in [0.1, 0.15) is 56.7 Å². The van der Waals surface area contributed by atoms with Crippen molar-refractivity contribution in [3.05, 3.63) is 54.0 Å². The van der Waals surface area contributed by atoms with Crippen LogP contribution in [0.4, 0.5) is 4.39 Å². The number of furan rings is 1. The zero-order valence-corrected chi connectivity index (χ0v) is 17.7. The van der Waals surface area contributed by atoms with Crippen LogP contribution in [-0.2, 0) is 4.79 Å². The van der Waals surface area contributed by atoms with Gasteiger partial charge in [-0.15, -0.1) is 10.2 Å². The number of carbonyl (C=O) groups is 1. The molecule has 0 radical (unpaired) electrons. The second-order valence-electron chi connectivity index (χ2n) is 7.57. The van der Waals surface area contributed by atoms with E-state index in [-0.39, 0.29) is 23.5 Å². The van der Waals surface area contributed by atoms with Gasteiger partial charge in [-0.3, -0.25) is 9.36 Å². The zero-order valence-electron chi connectivity index (χ0n) is 16.9. The molecule has 1 aliphatic carbocycles. The third-order valence-electron chi connectivity index (χ3n) is 5.43. The lowest BCUT2D eigenvalue weighted by atomic mass is 9.95. The summed E-state index contributed by atoms with van der Waals surface area (Å²) in [6.07, 6.45) is 7.40. The number of amides is 1. The summed E-state index contributed by atoms with van der Waals surface area (Å²) in [5.41, 5.74) is 0.861. The molecular weight excluding hydrogens is 403 g/mol. The van der Waals surface area contributed by atoms with Gasteiger partial charge in [0.25, 0.3) is 0 Å². The highest BCUT2D eigenvalue weighted by atomic mass is 32.2. The normalized spacial score (nSPS) is 15.8. The van der Waals surface area contributed by atoms with E-state index in [9.17, 15) is 9.18 Å². The van der Waals surface area contributed by atoms with Crippen LogP contribution in [0.5, 0.6) is 0 Å². The molecule has 0 saturated heterocycles. The van der Waals surface area contributed by atoms with E-state index >= 15 is 0 Å². The number of nitrogens with one attached hydrogen (secondary N) is 1. The molecule has 2 aromatic heterocycles. The van der Waals surface area contributed by atoms with Gasteiger partial charge in [-0.25, -0.2) is 4.39 Å². The molecule has 8 heteroatoms. The van der Waals surface area contributed by atoms with Crippen molar-refractivity contribution in [1.29, 1.82) is 0 Å². The van der Waals surface area contributed by atoms with Gasteiger partial charge in [-0.05, 0) is 49.6 Å². The van der Waals surface area contributed by atoms with E-state index in [0.29, 0.717) is 11.8 Å². The average Bonchev–Trinajstić information content (AvgIpc) is 3.43. The van der Waals surface area contributed by atoms with Crippen LogP contribution >= 0.6 is 11.8 Å². The summed E-state index contributed by atoms with van der Waals surface area (Å²) in [5, 5.41) is 12.4. The fourth-order valence-electron chi connectivity index (χ4n) is 3.87. The lowest BCUT2D eigenvalue weighted by Gasteiger charge is -2.25. The van der Waals surface area contributed by atoms with Crippen LogP contribution in [0.3, 0.4) is 0 Å². The summed E-state index contributed by atoms with van der Waals surface area (Å²) in [7, 11) is 0. The fraction of sp³-hybridized carbons (Fsp3) is 0.409. The number of halogens is 1. The topological polar surface area (TPSA) is 73.0 Å². The van der Waals surface area contributed by atoms with E-state index < -0.39 is 0 Å². The van der Waals surface area contributed by atoms with Crippen LogP contribution in [0.25, 0.3) is 11.6 Å². The van der Waals surface area contributed by atoms with Gasteiger partial charge in [0.2, 0.25) is 11.7 Å². The molecule has 1 aromatic carbocycles. The Kier molecular flexibility index (Phi) is 6.52. The van der Waals surface area contributed by atoms with E-state index in [4.69, 9.17) is 4.42 Å². The molecule has 0 unspecified atom stereocenters. The summed E-state index contributed by atoms with van der Waals surface area (Å²) >= 11 is 1.38. The minimum atomic E-state index is -0.290. The first-order valence-electron chi connectivity index (χ1n) is 10.3. The second kappa shape index (κ2) is 9.47. The molecule has 1 atom stereocenters. The van der Waals surface area contributed by atoms with Crippen molar-refractivity contribution < 1.29 is 13.6 Å². The molecule has 0 spiro atoms. The summed E-state index contributed by atoms with van der Waals surface area (Å²) in [4.78, 5) is 12.5. The highest BCUT2D eigenvalue weighted by molar-refractivity contribution is 7.99. The summed E-state index contributed by atoms with van der Waals surface area (Å²) in [6.45, 7) is 1.88. The molecular formula is C22H25FN4O2S. The number of carbonyl (C=O) groups excluding carboxylic acids is 1. The number of benzene rings is 1. The minimum absolute atomic E-state index is 0.102. The average molecular weight is 429 g/mol. The lowest BCUT2D eigenvalue weighted by Crippen LogP contribution is -2.28. The van der Waals surface area contributed by atoms with Gasteiger partial charge in [0.1, 0.15) is 5.82 Å². The van der Waals surface area contributed by atoms with Crippen LogP contribution in [0.2, 0.25) is 0 Å². The number of hydrogen-bond donors (Lipinski definition) is 1. The molecule has 158 valence electrons. The van der Waals surface area contributed by atoms with Crippen LogP contribution in [0, 0.1) is 5.82 Å². The first kappa shape index (κ1) is 20.7. The van der Waals surface area contributed by atoms with Gasteiger partial charge >= 0.3 is 0 Å². The van der Waals surface area contributed by atoms with E-state index in [1.807, 2.05) is 19.1 Å². The Hall–Kier alpha value is -2.61. The summed E-state index contributed by atoms with van der Waals surface area (Å²) in [6, 6.07) is 10.0. The summed E-state index contributed by atoms with van der Waals surface area (Å²) in [5.74, 6) is 1.25. The Morgan fingerprint density at radius 2 is 2.00 bits per heavy atom. The first-order chi connectivity index (χ1) is 14.6. The molecule has 0 bridgehead atoms. The van der Waals surface area contributed by atoms with Gasteiger partial charge in [-0.1, -0.05) is 43.2 Å². The van der Waals surface area contributed by atoms with E-state index in [1.165, 1.54) is 43.2 Å². The van der Waals surface area contributed by atoms with Gasteiger partial charge < -0.3 is 9.73 Å². The zero-order chi connectivity index (χ0) is 20.9. The molecule has 3 aromatic rings. The van der Waals surface area contributed by atoms with E-state index in [0.717, 1.165) is 29.4 Å². The van der Waals surface area contributed by atoms with Crippen molar-refractivity contribution in [3.8, 4) is 11.6 Å². The van der Waals surface area contributed by atoms with Crippen molar-refractivity contribution >= 4 is 17.7 Å². The number of rotatable bonds is 7. The molecule has 30 heavy (non-hydrogen) atoms. The number of aromatic nitrogens is 3. The Bertz CT molecular complexity index is 966. The Labute approximate surface area is 179 Å². The number of nitrogens with zero attached hydrogens (tertiary/aromatic N) is 3. The predicted octanol–water partition coefficient (Wildman–Crippen LogP) is 5.15. The highest BCUT2D eigenvalue weighted by Gasteiger charge is 2.25. The van der Waals surface area contributed by atoms with Crippen molar-refractivity contribution in [2.45, 2.75) is 56.3 Å². The smallest absolute Gasteiger partial charge is 0.230 e. The number of hydrogen-bond acceptors (Lipinski definition) is 5. The van der Waals surface area contributed by atoms with Crippen LogP contribution in [0.15, 0.2) is 52.2 Å². The van der Waals surface area contributed by atoms with Gasteiger partial charge in [-0.2, -0.15) is 0 Å². The van der Waals surface area contributed by atoms with Crippen molar-refractivity contribution in [2.24, 2.45) is 0 Å². The van der Waals surface area contributed by atoms with Crippen molar-refractivity contribution in [1.82, 2.24) is 20.1 Å². The third kappa shape index (κ3) is 4.75. The first-order valence-corrected chi connectivity index (χ1v) is 11.3. The molecule has 1 aliphatic rings. The minimum Gasteiger partial charge on any atom is -0.461 e. The fourth-order valence-corrected chi connectivity index (χ4v) is 4.68. The van der Waals surface area contributed by atoms with Crippen molar-refractivity contribution in [3.63, 3.8) is 0 Å². The Balaban J connectivity index is 1.45. The maximum Gasteiger partial charge on any atom is 0.230 e. The standard InChI is InChI=1S/C22H25FN4O2S/c1-15(16-9-11-17(23)12-10-16)24-20(28)14-30-22-26-25-21(19-8-5-13-29-19)27(22)18-6-3-2-4-7-18/h5,8-13,15,18H,2-4,6-7,14H2,1H3,(H,24,28)/t15-/m0/s1. The number of thioether (sulfide) groups is 1. The molecule has 0 aliphatic heterocycles. The predicted molar refractivity (Wildman–Crippen MR) is 114 cm³/mol. The SMILES string of the molecule is C[C@H](NC(=O)CSc1nnc(-c2ccco2)n1C1CCCCC1)c1ccc(F)cc1. The largest absolute Gasteiger partial charge is 0.461 e. The van der Waals surface area contributed by atoms with Crippen LogP contribution < -0.4 is 5.32 Å². The summed E-state index contributed by atoms with van der Waals surface area (Å²) < 4.78 is 20.8. The molecule has 1 saturated carbocycles. The maximum atomic E-state index is 13.1. The van der Waals surface area contributed by atoms with Gasteiger partial charge in [0.15, 0.2) is 10.9 Å². The Morgan fingerprint density at radius 3 is 2.70 bits per heavy atom. The monoisotopic (exact) mass is 428 g/mol. The molecule has 2 heterocycles. The van der Waals surface area contributed by atoms with Crippen LogP contribution in [-0.4, -0.2) is 26.4 Å². The quantitative estimate of drug-likeness (QED) is 0.527. The van der Waals surface area contributed by atoms with Crippen molar-refractivity contribution in [2.75, 3.05) is 5.75 Å². The highest BCUT2D eigenvalue weighted by Crippen LogP contribution is 2.35. The van der Waals surface area contributed by atoms with E-state index in [1.54, 1.807) is 18.4 Å². The molecule has 1 amide bonds. The Morgan fingerprint density at radius 1 is 1.23 bits per heavy atom. The van der Waals surface area contributed by atoms with Gasteiger partial charge in [0, 0.05) is 6.04 Å². The molecule has 6 nitrogen and oxygen atoms in total. The van der Waals surface area contributed by atoms with E-state index in [2.05, 4.69) is 20.1 Å². The van der Waals surface area contributed by atoms with Gasteiger partial charge in [0.05, 0.1) is 18.1 Å². The molecule has 1 N–H and O–H groups in total. The lowest BCUT2D eigenvalue weighted by molar-refractivity contribution is -0.119. The third-order valence-corrected chi connectivity index (χ3v) is 6.37. The molecule has 1 fully saturated rings. The maximum absolute atomic E-state index is 13.1. The molecule has 4 rings (SSSR count). The second-order valence-corrected chi connectivity index (χ2v) is 8.52.